The molecule has 1 N–H and O–H groups in total. The Labute approximate surface area is 164 Å². The highest BCUT2D eigenvalue weighted by Crippen LogP contribution is 2.17. The van der Waals surface area contributed by atoms with E-state index < -0.39 is 9.85 Å². The highest BCUT2D eigenvalue weighted by Gasteiger charge is 2.06. The number of hydrogen-bond donors (Lipinski definition) is 1. The predicted molar refractivity (Wildman–Crippen MR) is 106 cm³/mol. The molecule has 0 spiro atoms. The Hall–Kier alpha value is -4.34. The third kappa shape index (κ3) is 5.57. The smallest absolute Gasteiger partial charge is 0.287 e. The number of aromatic nitrogens is 1. The van der Waals surface area contributed by atoms with Crippen molar-refractivity contribution < 1.29 is 14.6 Å². The van der Waals surface area contributed by atoms with Gasteiger partial charge in [0, 0.05) is 18.2 Å². The number of nitrogens with zero attached hydrogens (tertiary/aromatic N) is 4. The van der Waals surface area contributed by atoms with E-state index in [1.54, 1.807) is 42.6 Å². The van der Waals surface area contributed by atoms with Gasteiger partial charge in [-0.1, -0.05) is 12.1 Å². The summed E-state index contributed by atoms with van der Waals surface area (Å²) < 4.78 is 5.64. The van der Waals surface area contributed by atoms with Gasteiger partial charge in [0.15, 0.2) is 0 Å². The number of nitrogens with one attached hydrogen (secondary N) is 1. The van der Waals surface area contributed by atoms with Gasteiger partial charge in [-0.25, -0.2) is 4.98 Å². The molecule has 3 rings (SSSR count). The maximum atomic E-state index is 10.8. The molecule has 0 saturated carbocycles. The van der Waals surface area contributed by atoms with Crippen molar-refractivity contribution in [3.05, 3.63) is 98.2 Å². The summed E-state index contributed by atoms with van der Waals surface area (Å²) in [7, 11) is 0. The molecular formula is C19H15N5O5. The molecule has 0 fully saturated rings. The lowest BCUT2D eigenvalue weighted by atomic mass is 10.2. The highest BCUT2D eigenvalue weighted by atomic mass is 16.6. The van der Waals surface area contributed by atoms with Crippen LogP contribution in [0.3, 0.4) is 0 Å². The van der Waals surface area contributed by atoms with E-state index in [-0.39, 0.29) is 18.0 Å². The number of hydrogen-bond acceptors (Lipinski definition) is 8. The van der Waals surface area contributed by atoms with Gasteiger partial charge in [-0.2, -0.15) is 5.10 Å². The minimum absolute atomic E-state index is 0.0210. The number of anilines is 1. The maximum Gasteiger partial charge on any atom is 0.287 e. The van der Waals surface area contributed by atoms with Crippen LogP contribution in [0.4, 0.5) is 17.2 Å². The molecule has 10 heteroatoms. The lowest BCUT2D eigenvalue weighted by Gasteiger charge is -2.06. The average Bonchev–Trinajstić information content (AvgIpc) is 2.74. The maximum absolute atomic E-state index is 10.8. The highest BCUT2D eigenvalue weighted by molar-refractivity contribution is 5.80. The third-order valence-corrected chi connectivity index (χ3v) is 3.76. The van der Waals surface area contributed by atoms with Gasteiger partial charge in [-0.05, 0) is 41.5 Å². The van der Waals surface area contributed by atoms with Crippen molar-refractivity contribution in [2.24, 2.45) is 5.10 Å². The third-order valence-electron chi connectivity index (χ3n) is 3.76. The average molecular weight is 393 g/mol. The molecule has 0 aliphatic carbocycles. The van der Waals surface area contributed by atoms with Crippen LogP contribution in [0, 0.1) is 20.2 Å². The zero-order valence-corrected chi connectivity index (χ0v) is 15.0. The van der Waals surface area contributed by atoms with Crippen molar-refractivity contribution in [1.29, 1.82) is 0 Å². The van der Waals surface area contributed by atoms with Gasteiger partial charge in [0.1, 0.15) is 24.4 Å². The first-order valence-corrected chi connectivity index (χ1v) is 8.37. The summed E-state index contributed by atoms with van der Waals surface area (Å²) in [6, 6.07) is 16.1. The Morgan fingerprint density at radius 1 is 1.00 bits per heavy atom. The number of nitro benzene ring substituents is 1. The molecule has 2 aromatic carbocycles. The number of nitro groups is 2. The predicted octanol–water partition coefficient (Wildman–Crippen LogP) is 3.92. The SMILES string of the molecule is O=[N+]([O-])c1ccc(N/N=C\c2ccc(OCc3cccc([N+](=O)[O-])c3)cc2)nc1. The summed E-state index contributed by atoms with van der Waals surface area (Å²) in [4.78, 5) is 24.3. The first kappa shape index (κ1) is 19.4. The van der Waals surface area contributed by atoms with Crippen molar-refractivity contribution >= 4 is 23.4 Å². The molecule has 29 heavy (non-hydrogen) atoms. The van der Waals surface area contributed by atoms with Crippen molar-refractivity contribution in [3.63, 3.8) is 0 Å². The Morgan fingerprint density at radius 3 is 2.41 bits per heavy atom. The molecule has 0 saturated heterocycles. The van der Waals surface area contributed by atoms with Gasteiger partial charge in [-0.15, -0.1) is 0 Å². The lowest BCUT2D eigenvalue weighted by Crippen LogP contribution is -1.97. The standard InChI is InChI=1S/C19H15N5O5/c25-23(26)16-3-1-2-15(10-16)13-29-18-7-4-14(5-8-18)11-21-22-19-9-6-17(12-20-19)24(27)28/h1-12H,13H2,(H,20,22)/b21-11-. The van der Waals surface area contributed by atoms with Crippen LogP contribution >= 0.6 is 0 Å². The van der Waals surface area contributed by atoms with Gasteiger partial charge >= 0.3 is 0 Å². The summed E-state index contributed by atoms with van der Waals surface area (Å²) in [6.45, 7) is 0.211. The molecular weight excluding hydrogens is 378 g/mol. The Balaban J connectivity index is 1.53. The fourth-order valence-corrected chi connectivity index (χ4v) is 2.31. The number of rotatable bonds is 8. The second-order valence-electron chi connectivity index (χ2n) is 5.81. The molecule has 0 bridgehead atoms. The van der Waals surface area contributed by atoms with Gasteiger partial charge in [-0.3, -0.25) is 25.7 Å². The number of pyridine rings is 1. The van der Waals surface area contributed by atoms with E-state index in [0.717, 1.165) is 11.8 Å². The second-order valence-corrected chi connectivity index (χ2v) is 5.81. The Morgan fingerprint density at radius 2 is 1.76 bits per heavy atom. The number of hydrazone groups is 1. The molecule has 0 unspecified atom stereocenters. The number of benzene rings is 2. The van der Waals surface area contributed by atoms with E-state index >= 15 is 0 Å². The molecule has 1 aromatic heterocycles. The fourth-order valence-electron chi connectivity index (χ4n) is 2.31. The van der Waals surface area contributed by atoms with Gasteiger partial charge in [0.05, 0.1) is 16.1 Å². The Kier molecular flexibility index (Phi) is 6.05. The second kappa shape index (κ2) is 9.04. The van der Waals surface area contributed by atoms with Gasteiger partial charge in [0.25, 0.3) is 11.4 Å². The Bertz CT molecular complexity index is 1040. The first-order valence-electron chi connectivity index (χ1n) is 8.37. The summed E-state index contributed by atoms with van der Waals surface area (Å²) in [6.07, 6.45) is 2.71. The van der Waals surface area contributed by atoms with Crippen LogP contribution in [-0.2, 0) is 6.61 Å². The van der Waals surface area contributed by atoms with Crippen LogP contribution in [-0.4, -0.2) is 21.0 Å². The lowest BCUT2D eigenvalue weighted by molar-refractivity contribution is -0.385. The largest absolute Gasteiger partial charge is 0.489 e. The van der Waals surface area contributed by atoms with E-state index in [2.05, 4.69) is 15.5 Å². The van der Waals surface area contributed by atoms with Gasteiger partial charge in [0.2, 0.25) is 0 Å². The van der Waals surface area contributed by atoms with Crippen LogP contribution in [0.25, 0.3) is 0 Å². The molecule has 1 heterocycles. The number of ether oxygens (including phenoxy) is 1. The molecule has 0 aliphatic rings. The normalized spacial score (nSPS) is 10.6. The quantitative estimate of drug-likeness (QED) is 0.348. The van der Waals surface area contributed by atoms with E-state index in [1.807, 2.05) is 0 Å². The van der Waals surface area contributed by atoms with E-state index in [0.29, 0.717) is 17.1 Å². The summed E-state index contributed by atoms with van der Waals surface area (Å²) in [5, 5.41) is 25.4. The van der Waals surface area contributed by atoms with Crippen molar-refractivity contribution in [2.75, 3.05) is 5.43 Å². The van der Waals surface area contributed by atoms with Crippen LogP contribution in [0.5, 0.6) is 5.75 Å². The van der Waals surface area contributed by atoms with Crippen LogP contribution in [0.15, 0.2) is 72.0 Å². The molecule has 3 aromatic rings. The van der Waals surface area contributed by atoms with Gasteiger partial charge < -0.3 is 4.74 Å². The van der Waals surface area contributed by atoms with Crippen molar-refractivity contribution in [3.8, 4) is 5.75 Å². The zero-order valence-electron chi connectivity index (χ0n) is 15.0. The minimum Gasteiger partial charge on any atom is -0.489 e. The monoisotopic (exact) mass is 393 g/mol. The summed E-state index contributed by atoms with van der Waals surface area (Å²) >= 11 is 0. The summed E-state index contributed by atoms with van der Waals surface area (Å²) in [5.74, 6) is 0.988. The minimum atomic E-state index is -0.525. The van der Waals surface area contributed by atoms with Crippen LogP contribution < -0.4 is 10.2 Å². The fraction of sp³-hybridized carbons (Fsp3) is 0.0526. The number of non-ortho nitro benzene ring substituents is 1. The molecule has 0 radical (unpaired) electrons. The summed E-state index contributed by atoms with van der Waals surface area (Å²) in [5.41, 5.74) is 4.10. The molecule has 0 amide bonds. The van der Waals surface area contributed by atoms with E-state index in [9.17, 15) is 20.2 Å². The van der Waals surface area contributed by atoms with E-state index in [1.165, 1.54) is 24.3 Å². The first-order chi connectivity index (χ1) is 14.0. The van der Waals surface area contributed by atoms with Crippen LogP contribution in [0.2, 0.25) is 0 Å². The van der Waals surface area contributed by atoms with E-state index in [4.69, 9.17) is 4.74 Å². The molecule has 10 nitrogen and oxygen atoms in total. The van der Waals surface area contributed by atoms with Crippen LogP contribution in [0.1, 0.15) is 11.1 Å². The van der Waals surface area contributed by atoms with Crippen molar-refractivity contribution in [1.82, 2.24) is 4.98 Å². The molecule has 0 aliphatic heterocycles. The molecule has 0 atom stereocenters. The topological polar surface area (TPSA) is 133 Å². The molecule has 146 valence electrons. The zero-order chi connectivity index (χ0) is 20.6. The van der Waals surface area contributed by atoms with Crippen molar-refractivity contribution in [2.45, 2.75) is 6.61 Å².